The first-order chi connectivity index (χ1) is 10.3. The third-order valence-corrected chi connectivity index (χ3v) is 4.39. The Labute approximate surface area is 126 Å². The number of hydrogen-bond acceptors (Lipinski definition) is 3. The maximum absolute atomic E-state index is 12.8. The summed E-state index contributed by atoms with van der Waals surface area (Å²) in [6.07, 6.45) is 5.98. The number of piperidine rings is 1. The summed E-state index contributed by atoms with van der Waals surface area (Å²) in [5, 5.41) is 3.54. The Morgan fingerprint density at radius 1 is 1.33 bits per heavy atom. The summed E-state index contributed by atoms with van der Waals surface area (Å²) in [5.41, 5.74) is 0.733. The smallest absolute Gasteiger partial charge is 0.254 e. The molecule has 1 amide bonds. The van der Waals surface area contributed by atoms with Gasteiger partial charge in [-0.2, -0.15) is 0 Å². The lowest BCUT2D eigenvalue weighted by atomic mass is 10.0. The number of ether oxygens (including phenoxy) is 1. The highest BCUT2D eigenvalue weighted by Gasteiger charge is 2.34. The predicted molar refractivity (Wildman–Crippen MR) is 82.7 cm³/mol. The van der Waals surface area contributed by atoms with Crippen molar-refractivity contribution in [3.63, 3.8) is 0 Å². The van der Waals surface area contributed by atoms with E-state index in [9.17, 15) is 4.79 Å². The lowest BCUT2D eigenvalue weighted by Crippen LogP contribution is -2.46. The van der Waals surface area contributed by atoms with Crippen LogP contribution >= 0.6 is 0 Å². The summed E-state index contributed by atoms with van der Waals surface area (Å²) in [7, 11) is 1.63. The monoisotopic (exact) mass is 288 g/mol. The van der Waals surface area contributed by atoms with Crippen molar-refractivity contribution in [2.45, 2.75) is 44.2 Å². The molecule has 1 aromatic carbocycles. The SMILES string of the molecule is COc1cccc(C(=O)N(CC2CCCCN2)C2CC2)c1. The molecule has 2 fully saturated rings. The molecule has 1 heterocycles. The standard InChI is InChI=1S/C17H24N2O2/c1-21-16-7-4-5-13(11-16)17(20)19(15-8-9-15)12-14-6-2-3-10-18-14/h4-5,7,11,14-15,18H,2-3,6,8-10,12H2,1H3. The lowest BCUT2D eigenvalue weighted by molar-refractivity contribution is 0.0717. The van der Waals surface area contributed by atoms with Gasteiger partial charge in [-0.15, -0.1) is 0 Å². The van der Waals surface area contributed by atoms with E-state index in [0.29, 0.717) is 12.1 Å². The molecule has 4 heteroatoms. The zero-order chi connectivity index (χ0) is 14.7. The molecule has 1 saturated heterocycles. The third-order valence-electron chi connectivity index (χ3n) is 4.39. The third kappa shape index (κ3) is 3.56. The number of carbonyl (C=O) groups is 1. The molecule has 4 nitrogen and oxygen atoms in total. The van der Waals surface area contributed by atoms with Gasteiger partial charge in [-0.1, -0.05) is 12.5 Å². The Morgan fingerprint density at radius 3 is 2.86 bits per heavy atom. The molecule has 0 bridgehead atoms. The first-order valence-electron chi connectivity index (χ1n) is 7.96. The number of rotatable bonds is 5. The van der Waals surface area contributed by atoms with Gasteiger partial charge in [0, 0.05) is 24.2 Å². The fourth-order valence-corrected chi connectivity index (χ4v) is 3.02. The fourth-order valence-electron chi connectivity index (χ4n) is 3.02. The van der Waals surface area contributed by atoms with Crippen molar-refractivity contribution in [3.05, 3.63) is 29.8 Å². The van der Waals surface area contributed by atoms with Gasteiger partial charge in [0.25, 0.3) is 5.91 Å². The molecule has 2 aliphatic rings. The minimum atomic E-state index is 0.142. The Morgan fingerprint density at radius 2 is 2.19 bits per heavy atom. The molecule has 0 radical (unpaired) electrons. The first-order valence-corrected chi connectivity index (χ1v) is 7.96. The Balaban J connectivity index is 1.71. The van der Waals surface area contributed by atoms with Gasteiger partial charge in [-0.05, 0) is 50.4 Å². The molecule has 1 aliphatic carbocycles. The fraction of sp³-hybridized carbons (Fsp3) is 0.588. The number of methoxy groups -OCH3 is 1. The molecule has 0 spiro atoms. The van der Waals surface area contributed by atoms with Crippen LogP contribution in [0.1, 0.15) is 42.5 Å². The molecule has 1 saturated carbocycles. The second-order valence-electron chi connectivity index (χ2n) is 6.07. The number of hydrogen-bond donors (Lipinski definition) is 1. The molecule has 114 valence electrons. The molecular weight excluding hydrogens is 264 g/mol. The zero-order valence-corrected chi connectivity index (χ0v) is 12.7. The maximum Gasteiger partial charge on any atom is 0.254 e. The van der Waals surface area contributed by atoms with E-state index in [-0.39, 0.29) is 5.91 Å². The predicted octanol–water partition coefficient (Wildman–Crippen LogP) is 2.44. The molecule has 0 aromatic heterocycles. The van der Waals surface area contributed by atoms with E-state index in [1.54, 1.807) is 7.11 Å². The van der Waals surface area contributed by atoms with E-state index in [1.165, 1.54) is 19.3 Å². The van der Waals surface area contributed by atoms with Crippen molar-refractivity contribution in [3.8, 4) is 5.75 Å². The molecule has 1 aliphatic heterocycles. The molecule has 1 aromatic rings. The summed E-state index contributed by atoms with van der Waals surface area (Å²) in [6.45, 7) is 1.91. The van der Waals surface area contributed by atoms with Crippen molar-refractivity contribution in [2.24, 2.45) is 0 Å². The van der Waals surface area contributed by atoms with Crippen LogP contribution in [0.4, 0.5) is 0 Å². The molecular formula is C17H24N2O2. The summed E-state index contributed by atoms with van der Waals surface area (Å²) < 4.78 is 5.23. The van der Waals surface area contributed by atoms with Gasteiger partial charge in [-0.25, -0.2) is 0 Å². The van der Waals surface area contributed by atoms with E-state index in [4.69, 9.17) is 4.74 Å². The molecule has 1 unspecified atom stereocenters. The van der Waals surface area contributed by atoms with E-state index >= 15 is 0 Å². The van der Waals surface area contributed by atoms with Crippen molar-refractivity contribution in [2.75, 3.05) is 20.2 Å². The highest BCUT2D eigenvalue weighted by Crippen LogP contribution is 2.29. The van der Waals surface area contributed by atoms with Crippen LogP contribution in [0.5, 0.6) is 5.75 Å². The summed E-state index contributed by atoms with van der Waals surface area (Å²) in [6, 6.07) is 8.37. The second kappa shape index (κ2) is 6.48. The molecule has 1 N–H and O–H groups in total. The van der Waals surface area contributed by atoms with E-state index in [0.717, 1.165) is 37.2 Å². The van der Waals surface area contributed by atoms with Gasteiger partial charge < -0.3 is 15.0 Å². The number of nitrogens with one attached hydrogen (secondary N) is 1. The first kappa shape index (κ1) is 14.4. The summed E-state index contributed by atoms with van der Waals surface area (Å²) in [4.78, 5) is 14.9. The van der Waals surface area contributed by atoms with Crippen LogP contribution < -0.4 is 10.1 Å². The lowest BCUT2D eigenvalue weighted by Gasteiger charge is -2.31. The van der Waals surface area contributed by atoms with Gasteiger partial charge >= 0.3 is 0 Å². The van der Waals surface area contributed by atoms with Gasteiger partial charge in [0.2, 0.25) is 0 Å². The number of benzene rings is 1. The van der Waals surface area contributed by atoms with Crippen molar-refractivity contribution in [1.82, 2.24) is 10.2 Å². The normalized spacial score (nSPS) is 21.9. The minimum absolute atomic E-state index is 0.142. The van der Waals surface area contributed by atoms with Crippen LogP contribution in [0.2, 0.25) is 0 Å². The minimum Gasteiger partial charge on any atom is -0.497 e. The van der Waals surface area contributed by atoms with Crippen LogP contribution in [-0.4, -0.2) is 43.1 Å². The Bertz CT molecular complexity index is 493. The quantitative estimate of drug-likeness (QED) is 0.905. The maximum atomic E-state index is 12.8. The largest absolute Gasteiger partial charge is 0.497 e. The van der Waals surface area contributed by atoms with Crippen molar-refractivity contribution < 1.29 is 9.53 Å². The van der Waals surface area contributed by atoms with Crippen LogP contribution in [0, 0.1) is 0 Å². The number of nitrogens with zero attached hydrogens (tertiary/aromatic N) is 1. The number of carbonyl (C=O) groups excluding carboxylic acids is 1. The van der Waals surface area contributed by atoms with Crippen LogP contribution in [0.25, 0.3) is 0 Å². The molecule has 21 heavy (non-hydrogen) atoms. The van der Waals surface area contributed by atoms with Crippen LogP contribution in [0.15, 0.2) is 24.3 Å². The Hall–Kier alpha value is -1.55. The molecule has 3 rings (SSSR count). The number of amides is 1. The van der Waals surface area contributed by atoms with Crippen LogP contribution in [-0.2, 0) is 0 Å². The van der Waals surface area contributed by atoms with Crippen molar-refractivity contribution in [1.29, 1.82) is 0 Å². The van der Waals surface area contributed by atoms with E-state index in [1.807, 2.05) is 24.3 Å². The second-order valence-corrected chi connectivity index (χ2v) is 6.07. The highest BCUT2D eigenvalue weighted by atomic mass is 16.5. The average molecular weight is 288 g/mol. The topological polar surface area (TPSA) is 41.6 Å². The summed E-state index contributed by atoms with van der Waals surface area (Å²) in [5.74, 6) is 0.885. The zero-order valence-electron chi connectivity index (χ0n) is 12.7. The highest BCUT2D eigenvalue weighted by molar-refractivity contribution is 5.95. The van der Waals surface area contributed by atoms with E-state index < -0.39 is 0 Å². The van der Waals surface area contributed by atoms with Gasteiger partial charge in [0.05, 0.1) is 7.11 Å². The van der Waals surface area contributed by atoms with Gasteiger partial charge in [0.1, 0.15) is 5.75 Å². The summed E-state index contributed by atoms with van der Waals surface area (Å²) >= 11 is 0. The van der Waals surface area contributed by atoms with Gasteiger partial charge in [-0.3, -0.25) is 4.79 Å². The van der Waals surface area contributed by atoms with Crippen molar-refractivity contribution >= 4 is 5.91 Å². The Kier molecular flexibility index (Phi) is 4.44. The van der Waals surface area contributed by atoms with E-state index in [2.05, 4.69) is 10.2 Å². The van der Waals surface area contributed by atoms with Crippen LogP contribution in [0.3, 0.4) is 0 Å². The average Bonchev–Trinajstić information content (AvgIpc) is 3.38. The molecule has 1 atom stereocenters. The van der Waals surface area contributed by atoms with Gasteiger partial charge in [0.15, 0.2) is 0 Å².